The van der Waals surface area contributed by atoms with Gasteiger partial charge in [0.05, 0.1) is 31.0 Å². The highest BCUT2D eigenvalue weighted by molar-refractivity contribution is 7.99. The predicted molar refractivity (Wildman–Crippen MR) is 136 cm³/mol. The molecule has 0 saturated carbocycles. The number of nitro benzene ring substituents is 1. The van der Waals surface area contributed by atoms with E-state index in [4.69, 9.17) is 20.9 Å². The maximum atomic E-state index is 13.5. The molecule has 4 rings (SSSR count). The van der Waals surface area contributed by atoms with Crippen LogP contribution in [0, 0.1) is 24.0 Å². The average molecular weight is 527 g/mol. The lowest BCUT2D eigenvalue weighted by atomic mass is 10.1. The number of nitrogens with zero attached hydrogens (tertiary/aromatic N) is 4. The lowest BCUT2D eigenvalue weighted by Crippen LogP contribution is -2.25. The topological polar surface area (TPSA) is 113 Å². The summed E-state index contributed by atoms with van der Waals surface area (Å²) in [5.74, 6) is -0.279. The maximum absolute atomic E-state index is 13.5. The molecule has 11 heteroatoms. The van der Waals surface area contributed by atoms with E-state index in [1.54, 1.807) is 61.0 Å². The number of rotatable bonds is 6. The van der Waals surface area contributed by atoms with Crippen molar-refractivity contribution in [3.05, 3.63) is 80.7 Å². The van der Waals surface area contributed by atoms with Crippen LogP contribution in [0.3, 0.4) is 0 Å². The molecule has 0 fully saturated rings. The number of aryl methyl sites for hydroxylation is 2. The van der Waals surface area contributed by atoms with Crippen LogP contribution in [-0.4, -0.2) is 25.8 Å². The van der Waals surface area contributed by atoms with Gasteiger partial charge in [0.25, 0.3) is 5.69 Å². The van der Waals surface area contributed by atoms with Gasteiger partial charge in [0, 0.05) is 11.6 Å². The summed E-state index contributed by atoms with van der Waals surface area (Å²) in [6.07, 6.45) is 0. The summed E-state index contributed by atoms with van der Waals surface area (Å²) in [6.45, 7) is 9.11. The second-order valence-electron chi connectivity index (χ2n) is 8.96. The van der Waals surface area contributed by atoms with Crippen molar-refractivity contribution in [1.82, 2.24) is 14.9 Å². The maximum Gasteiger partial charge on any atom is 0.350 e. The van der Waals surface area contributed by atoms with Gasteiger partial charge in [0.1, 0.15) is 17.0 Å². The van der Waals surface area contributed by atoms with Gasteiger partial charge in [-0.25, -0.2) is 9.48 Å². The van der Waals surface area contributed by atoms with Crippen LogP contribution in [-0.2, 0) is 5.54 Å². The van der Waals surface area contributed by atoms with Gasteiger partial charge in [-0.1, -0.05) is 58.9 Å². The number of carbonyl (C=O) groups excluding carboxylic acids is 1. The molecule has 2 aromatic carbocycles. The molecule has 0 atom stereocenters. The Balaban J connectivity index is 1.81. The molecular formula is C25H23ClN4O5S. The van der Waals surface area contributed by atoms with Crippen LogP contribution >= 0.6 is 23.4 Å². The molecular weight excluding hydrogens is 504 g/mol. The highest BCUT2D eigenvalue weighted by Gasteiger charge is 2.31. The third kappa shape index (κ3) is 4.87. The van der Waals surface area contributed by atoms with Crippen LogP contribution in [0.5, 0.6) is 5.88 Å². The van der Waals surface area contributed by atoms with Crippen molar-refractivity contribution in [3.63, 3.8) is 0 Å². The van der Waals surface area contributed by atoms with Gasteiger partial charge in [-0.15, -0.1) is 0 Å². The molecule has 2 heterocycles. The zero-order valence-electron chi connectivity index (χ0n) is 20.2. The number of carbonyl (C=O) groups is 1. The van der Waals surface area contributed by atoms with Crippen molar-refractivity contribution >= 4 is 35.0 Å². The summed E-state index contributed by atoms with van der Waals surface area (Å²) in [5.41, 5.74) is 0.858. The molecule has 0 N–H and O–H groups in total. The Morgan fingerprint density at radius 2 is 1.81 bits per heavy atom. The van der Waals surface area contributed by atoms with Gasteiger partial charge >= 0.3 is 5.97 Å². The van der Waals surface area contributed by atoms with Gasteiger partial charge in [0.15, 0.2) is 0 Å². The number of hydrogen-bond acceptors (Lipinski definition) is 8. The predicted octanol–water partition coefficient (Wildman–Crippen LogP) is 6.84. The molecule has 0 aliphatic heterocycles. The van der Waals surface area contributed by atoms with Crippen molar-refractivity contribution in [3.8, 4) is 17.1 Å². The van der Waals surface area contributed by atoms with E-state index in [9.17, 15) is 14.9 Å². The Labute approximate surface area is 216 Å². The number of aromatic nitrogens is 3. The molecule has 0 saturated heterocycles. The van der Waals surface area contributed by atoms with Crippen LogP contribution in [0.4, 0.5) is 5.69 Å². The van der Waals surface area contributed by atoms with E-state index in [-0.39, 0.29) is 28.6 Å². The molecule has 4 aromatic rings. The monoisotopic (exact) mass is 526 g/mol. The molecule has 9 nitrogen and oxygen atoms in total. The molecule has 36 heavy (non-hydrogen) atoms. The normalized spacial score (nSPS) is 11.5. The fraction of sp³-hybridized carbons (Fsp3) is 0.240. The Morgan fingerprint density at radius 1 is 1.14 bits per heavy atom. The number of ether oxygens (including phenoxy) is 1. The van der Waals surface area contributed by atoms with E-state index in [1.807, 2.05) is 20.8 Å². The fourth-order valence-electron chi connectivity index (χ4n) is 3.55. The summed E-state index contributed by atoms with van der Waals surface area (Å²) < 4.78 is 12.9. The van der Waals surface area contributed by atoms with E-state index in [1.165, 1.54) is 6.07 Å². The van der Waals surface area contributed by atoms with Gasteiger partial charge in [-0.2, -0.15) is 5.10 Å². The Kier molecular flexibility index (Phi) is 6.92. The van der Waals surface area contributed by atoms with Gasteiger partial charge in [0.2, 0.25) is 5.88 Å². The SMILES string of the molecule is Cc1nn(C(C)(C)C)c(OC(=O)c2c(-c3ccccc3Cl)noc2C)c1Sc1ccccc1[N+](=O)[O-]. The number of esters is 1. The zero-order valence-corrected chi connectivity index (χ0v) is 21.8. The molecule has 0 bridgehead atoms. The third-order valence-electron chi connectivity index (χ3n) is 5.26. The van der Waals surface area contributed by atoms with Crippen LogP contribution in [0.1, 0.15) is 42.6 Å². The second kappa shape index (κ2) is 9.79. The van der Waals surface area contributed by atoms with E-state index >= 15 is 0 Å². The smallest absolute Gasteiger partial charge is 0.350 e. The highest BCUT2D eigenvalue weighted by atomic mass is 35.5. The summed E-state index contributed by atoms with van der Waals surface area (Å²) in [6, 6.07) is 13.3. The molecule has 0 aliphatic carbocycles. The minimum atomic E-state index is -0.710. The lowest BCUT2D eigenvalue weighted by Gasteiger charge is -2.22. The number of nitro groups is 1. The first kappa shape index (κ1) is 25.5. The second-order valence-corrected chi connectivity index (χ2v) is 10.4. The Hall–Kier alpha value is -3.63. The van der Waals surface area contributed by atoms with Crippen molar-refractivity contribution < 1.29 is 19.0 Å². The number of benzene rings is 2. The van der Waals surface area contributed by atoms with Crippen molar-refractivity contribution in [2.24, 2.45) is 0 Å². The summed E-state index contributed by atoms with van der Waals surface area (Å²) in [5, 5.41) is 20.6. The van der Waals surface area contributed by atoms with Gasteiger partial charge < -0.3 is 9.26 Å². The van der Waals surface area contributed by atoms with Gasteiger partial charge in [-0.3, -0.25) is 10.1 Å². The van der Waals surface area contributed by atoms with Crippen molar-refractivity contribution in [2.75, 3.05) is 0 Å². The van der Waals surface area contributed by atoms with Crippen LogP contribution in [0.25, 0.3) is 11.3 Å². The van der Waals surface area contributed by atoms with Crippen molar-refractivity contribution in [1.29, 1.82) is 0 Å². The molecule has 0 spiro atoms. The number of para-hydroxylation sites is 1. The molecule has 2 aromatic heterocycles. The molecule has 0 aliphatic rings. The summed E-state index contributed by atoms with van der Waals surface area (Å²) >= 11 is 7.46. The average Bonchev–Trinajstić information content (AvgIpc) is 3.34. The van der Waals surface area contributed by atoms with Gasteiger partial charge in [-0.05, 0) is 46.8 Å². The van der Waals surface area contributed by atoms with E-state index in [2.05, 4.69) is 10.3 Å². The zero-order chi connectivity index (χ0) is 26.2. The van der Waals surface area contributed by atoms with Crippen LogP contribution in [0.15, 0.2) is 62.8 Å². The molecule has 186 valence electrons. The summed E-state index contributed by atoms with van der Waals surface area (Å²) in [7, 11) is 0. The Bertz CT molecular complexity index is 1470. The first-order valence-electron chi connectivity index (χ1n) is 10.9. The van der Waals surface area contributed by atoms with E-state index in [0.29, 0.717) is 26.1 Å². The quantitative estimate of drug-likeness (QED) is 0.152. The Morgan fingerprint density at radius 3 is 2.47 bits per heavy atom. The minimum Gasteiger partial charge on any atom is -0.403 e. The number of hydrogen-bond donors (Lipinski definition) is 0. The van der Waals surface area contributed by atoms with E-state index < -0.39 is 16.4 Å². The third-order valence-corrected chi connectivity index (χ3v) is 6.83. The van der Waals surface area contributed by atoms with Crippen LogP contribution in [0.2, 0.25) is 5.02 Å². The van der Waals surface area contributed by atoms with E-state index in [0.717, 1.165) is 11.8 Å². The first-order chi connectivity index (χ1) is 17.0. The standard InChI is InChI=1S/C25H23ClN4O5S/c1-14-22(36-19-13-9-8-12-18(19)30(32)33)23(29(27-14)25(3,4)5)34-24(31)20-15(2)35-28-21(20)16-10-6-7-11-17(16)26/h6-13H,1-5H3. The number of halogens is 1. The lowest BCUT2D eigenvalue weighted by molar-refractivity contribution is -0.387. The van der Waals surface area contributed by atoms with Crippen molar-refractivity contribution in [2.45, 2.75) is 49.9 Å². The molecule has 0 amide bonds. The minimum absolute atomic E-state index is 0.0569. The highest BCUT2D eigenvalue weighted by Crippen LogP contribution is 2.43. The van der Waals surface area contributed by atoms with Crippen LogP contribution < -0.4 is 4.74 Å². The molecule has 0 unspecified atom stereocenters. The molecule has 0 radical (unpaired) electrons. The largest absolute Gasteiger partial charge is 0.403 e. The fourth-order valence-corrected chi connectivity index (χ4v) is 4.79. The summed E-state index contributed by atoms with van der Waals surface area (Å²) in [4.78, 5) is 25.6. The first-order valence-corrected chi connectivity index (χ1v) is 12.1.